The van der Waals surface area contributed by atoms with Crippen LogP contribution in [0.25, 0.3) is 0 Å². The molecule has 3 rings (SSSR count). The summed E-state index contributed by atoms with van der Waals surface area (Å²) in [6.07, 6.45) is 1.00. The van der Waals surface area contributed by atoms with E-state index in [2.05, 4.69) is 16.9 Å². The van der Waals surface area contributed by atoms with Crippen LogP contribution in [0.5, 0.6) is 5.75 Å². The van der Waals surface area contributed by atoms with E-state index in [4.69, 9.17) is 4.74 Å². The highest BCUT2D eigenvalue weighted by Gasteiger charge is 2.21. The van der Waals surface area contributed by atoms with Gasteiger partial charge in [-0.05, 0) is 32.1 Å². The van der Waals surface area contributed by atoms with Gasteiger partial charge in [0.05, 0.1) is 16.8 Å². The first-order valence-electron chi connectivity index (χ1n) is 7.81. The maximum Gasteiger partial charge on any atom is 0.257 e. The van der Waals surface area contributed by atoms with E-state index in [1.165, 1.54) is 11.3 Å². The van der Waals surface area contributed by atoms with E-state index >= 15 is 0 Å². The monoisotopic (exact) mass is 331 g/mol. The topological polar surface area (TPSA) is 45.7 Å². The summed E-state index contributed by atoms with van der Waals surface area (Å²) in [5.74, 6) is 0.678. The maximum atomic E-state index is 12.9. The number of ether oxygens (including phenoxy) is 1. The molecule has 122 valence electrons. The minimum absolute atomic E-state index is 0.0502. The summed E-state index contributed by atoms with van der Waals surface area (Å²) < 4.78 is 5.83. The van der Waals surface area contributed by atoms with Gasteiger partial charge in [-0.1, -0.05) is 12.1 Å². The van der Waals surface area contributed by atoms with Crippen molar-refractivity contribution in [2.75, 3.05) is 33.2 Å². The standard InChI is InChI=1S/C17H21N3O2S/c1-19-7-4-8-20(10-9-19)17(21)15-5-2-3-6-16(15)22-11-14-12-23-13-18-14/h2-3,5-6,12-13H,4,7-11H2,1H3. The van der Waals surface area contributed by atoms with Gasteiger partial charge in [-0.25, -0.2) is 4.98 Å². The van der Waals surface area contributed by atoms with E-state index in [9.17, 15) is 4.79 Å². The van der Waals surface area contributed by atoms with E-state index in [1.54, 1.807) is 5.51 Å². The van der Waals surface area contributed by atoms with Gasteiger partial charge >= 0.3 is 0 Å². The Balaban J connectivity index is 1.72. The van der Waals surface area contributed by atoms with Gasteiger partial charge in [0.2, 0.25) is 0 Å². The second-order valence-electron chi connectivity index (χ2n) is 5.71. The molecule has 0 spiro atoms. The fourth-order valence-electron chi connectivity index (χ4n) is 2.65. The van der Waals surface area contributed by atoms with Gasteiger partial charge in [0.25, 0.3) is 5.91 Å². The number of nitrogens with zero attached hydrogens (tertiary/aromatic N) is 3. The lowest BCUT2D eigenvalue weighted by Crippen LogP contribution is -2.34. The van der Waals surface area contributed by atoms with E-state index in [0.717, 1.165) is 38.3 Å². The van der Waals surface area contributed by atoms with Crippen LogP contribution in [0.3, 0.4) is 0 Å². The first-order valence-corrected chi connectivity index (χ1v) is 8.75. The van der Waals surface area contributed by atoms with Gasteiger partial charge in [0.1, 0.15) is 12.4 Å². The first kappa shape index (κ1) is 16.0. The minimum atomic E-state index is 0.0502. The zero-order chi connectivity index (χ0) is 16.1. The molecule has 0 unspecified atom stereocenters. The van der Waals surface area contributed by atoms with Crippen LogP contribution in [0.15, 0.2) is 35.2 Å². The van der Waals surface area contributed by atoms with Crippen molar-refractivity contribution in [1.29, 1.82) is 0 Å². The molecule has 2 aromatic rings. The zero-order valence-electron chi connectivity index (χ0n) is 13.3. The Morgan fingerprint density at radius 2 is 2.13 bits per heavy atom. The van der Waals surface area contributed by atoms with Crippen LogP contribution in [0, 0.1) is 0 Å². The molecule has 0 aliphatic carbocycles. The number of thiazole rings is 1. The highest BCUT2D eigenvalue weighted by molar-refractivity contribution is 7.07. The molecule has 0 bridgehead atoms. The summed E-state index contributed by atoms with van der Waals surface area (Å²) in [6.45, 7) is 3.88. The van der Waals surface area contributed by atoms with E-state index in [1.807, 2.05) is 34.5 Å². The molecule has 1 fully saturated rings. The third-order valence-electron chi connectivity index (χ3n) is 3.98. The third kappa shape index (κ3) is 4.09. The highest BCUT2D eigenvalue weighted by atomic mass is 32.1. The number of benzene rings is 1. The van der Waals surface area contributed by atoms with Crippen molar-refractivity contribution >= 4 is 17.2 Å². The zero-order valence-corrected chi connectivity index (χ0v) is 14.1. The molecule has 0 saturated carbocycles. The Morgan fingerprint density at radius 3 is 2.96 bits per heavy atom. The molecule has 2 heterocycles. The van der Waals surface area contributed by atoms with Gasteiger partial charge in [-0.2, -0.15) is 0 Å². The molecular formula is C17H21N3O2S. The summed E-state index contributed by atoms with van der Waals surface area (Å²) in [7, 11) is 2.10. The van der Waals surface area contributed by atoms with Crippen LogP contribution >= 0.6 is 11.3 Å². The summed E-state index contributed by atoms with van der Waals surface area (Å²) in [6, 6.07) is 7.47. The summed E-state index contributed by atoms with van der Waals surface area (Å²) in [4.78, 5) is 21.3. The summed E-state index contributed by atoms with van der Waals surface area (Å²) in [5, 5.41) is 1.95. The number of likely N-dealkylation sites (N-methyl/N-ethyl adjacent to an activating group) is 1. The number of hydrogen-bond donors (Lipinski definition) is 0. The maximum absolute atomic E-state index is 12.9. The molecule has 5 nitrogen and oxygen atoms in total. The second-order valence-corrected chi connectivity index (χ2v) is 6.43. The van der Waals surface area contributed by atoms with E-state index in [0.29, 0.717) is 17.9 Å². The van der Waals surface area contributed by atoms with Crippen LogP contribution in [-0.2, 0) is 6.61 Å². The number of para-hydroxylation sites is 1. The van der Waals surface area contributed by atoms with Crippen molar-refractivity contribution in [3.8, 4) is 5.75 Å². The number of hydrogen-bond acceptors (Lipinski definition) is 5. The van der Waals surface area contributed by atoms with Crippen molar-refractivity contribution in [3.05, 3.63) is 46.4 Å². The average molecular weight is 331 g/mol. The van der Waals surface area contributed by atoms with Gasteiger partial charge in [0.15, 0.2) is 0 Å². The number of amides is 1. The lowest BCUT2D eigenvalue weighted by atomic mass is 10.1. The quantitative estimate of drug-likeness (QED) is 0.863. The fourth-order valence-corrected chi connectivity index (χ4v) is 3.19. The molecule has 6 heteroatoms. The Hall–Kier alpha value is -1.92. The molecule has 1 aliphatic rings. The highest BCUT2D eigenvalue weighted by Crippen LogP contribution is 2.22. The van der Waals surface area contributed by atoms with Gasteiger partial charge in [-0.3, -0.25) is 4.79 Å². The number of carbonyl (C=O) groups is 1. The van der Waals surface area contributed by atoms with E-state index < -0.39 is 0 Å². The second kappa shape index (κ2) is 7.57. The average Bonchev–Trinajstić information content (AvgIpc) is 3.00. The van der Waals surface area contributed by atoms with Gasteiger partial charge < -0.3 is 14.5 Å². The Kier molecular flexibility index (Phi) is 5.25. The van der Waals surface area contributed by atoms with Crippen LogP contribution in [-0.4, -0.2) is 53.9 Å². The predicted octanol–water partition coefficient (Wildman–Crippen LogP) is 2.50. The van der Waals surface area contributed by atoms with Crippen molar-refractivity contribution in [2.45, 2.75) is 13.0 Å². The molecule has 1 aliphatic heterocycles. The number of rotatable bonds is 4. The van der Waals surface area contributed by atoms with Crippen molar-refractivity contribution in [3.63, 3.8) is 0 Å². The lowest BCUT2D eigenvalue weighted by molar-refractivity contribution is 0.0758. The van der Waals surface area contributed by atoms with Crippen LogP contribution in [0.1, 0.15) is 22.5 Å². The van der Waals surface area contributed by atoms with Gasteiger partial charge in [0, 0.05) is 25.0 Å². The summed E-state index contributed by atoms with van der Waals surface area (Å²) >= 11 is 1.54. The SMILES string of the molecule is CN1CCCN(C(=O)c2ccccc2OCc2cscn2)CC1. The molecule has 0 atom stereocenters. The van der Waals surface area contributed by atoms with Crippen LogP contribution in [0.4, 0.5) is 0 Å². The summed E-state index contributed by atoms with van der Waals surface area (Å²) in [5.41, 5.74) is 3.30. The first-order chi connectivity index (χ1) is 11.2. The molecule has 1 aromatic carbocycles. The molecule has 1 amide bonds. The molecule has 1 aromatic heterocycles. The molecule has 1 saturated heterocycles. The van der Waals surface area contributed by atoms with Gasteiger partial charge in [-0.15, -0.1) is 11.3 Å². The Bertz CT molecular complexity index is 645. The number of aromatic nitrogens is 1. The largest absolute Gasteiger partial charge is 0.486 e. The minimum Gasteiger partial charge on any atom is -0.486 e. The van der Waals surface area contributed by atoms with Crippen molar-refractivity contribution in [2.24, 2.45) is 0 Å². The Labute approximate surface area is 140 Å². The smallest absolute Gasteiger partial charge is 0.257 e. The number of carbonyl (C=O) groups excluding carboxylic acids is 1. The van der Waals surface area contributed by atoms with Crippen LogP contribution in [0.2, 0.25) is 0 Å². The molecule has 0 radical (unpaired) electrons. The molecule has 23 heavy (non-hydrogen) atoms. The van der Waals surface area contributed by atoms with Crippen LogP contribution < -0.4 is 4.74 Å². The Morgan fingerprint density at radius 1 is 1.26 bits per heavy atom. The normalized spacial score (nSPS) is 16.1. The molecular weight excluding hydrogens is 310 g/mol. The lowest BCUT2D eigenvalue weighted by Gasteiger charge is -2.22. The fraction of sp³-hybridized carbons (Fsp3) is 0.412. The third-order valence-corrected chi connectivity index (χ3v) is 4.62. The van der Waals surface area contributed by atoms with Crippen molar-refractivity contribution < 1.29 is 9.53 Å². The van der Waals surface area contributed by atoms with E-state index in [-0.39, 0.29) is 5.91 Å². The molecule has 0 N–H and O–H groups in total. The van der Waals surface area contributed by atoms with Crippen molar-refractivity contribution in [1.82, 2.24) is 14.8 Å². The predicted molar refractivity (Wildman–Crippen MR) is 90.9 cm³/mol.